The van der Waals surface area contributed by atoms with Crippen LogP contribution in [-0.2, 0) is 16.1 Å². The number of aryl methyl sites for hydroxylation is 1. The molecule has 150 valence electrons. The van der Waals surface area contributed by atoms with Gasteiger partial charge >= 0.3 is 5.97 Å². The highest BCUT2D eigenvalue weighted by Gasteiger charge is 2.14. The number of carbonyl (C=O) groups excluding carboxylic acids is 2. The molecular formula is C24H20N2O3S. The summed E-state index contributed by atoms with van der Waals surface area (Å²) in [6, 6.07) is 23.5. The summed E-state index contributed by atoms with van der Waals surface area (Å²) in [4.78, 5) is 25.5. The molecule has 5 nitrogen and oxygen atoms in total. The van der Waals surface area contributed by atoms with Crippen molar-refractivity contribution in [1.82, 2.24) is 0 Å². The molecule has 0 aliphatic rings. The van der Waals surface area contributed by atoms with Crippen LogP contribution in [0.3, 0.4) is 0 Å². The second-order valence-electron chi connectivity index (χ2n) is 6.58. The van der Waals surface area contributed by atoms with Crippen LogP contribution in [0.5, 0.6) is 0 Å². The van der Waals surface area contributed by atoms with Gasteiger partial charge in [0.25, 0.3) is 0 Å². The first kappa shape index (κ1) is 21.2. The van der Waals surface area contributed by atoms with E-state index in [9.17, 15) is 9.59 Å². The van der Waals surface area contributed by atoms with Crippen molar-refractivity contribution in [3.8, 4) is 6.07 Å². The highest BCUT2D eigenvalue weighted by molar-refractivity contribution is 8.00. The molecule has 3 rings (SSSR count). The summed E-state index contributed by atoms with van der Waals surface area (Å²) in [6.07, 6.45) is 0. The molecule has 6 heteroatoms. The normalized spacial score (nSPS) is 10.1. The number of amides is 1. The summed E-state index contributed by atoms with van der Waals surface area (Å²) < 4.78 is 5.41. The Morgan fingerprint density at radius 1 is 1.00 bits per heavy atom. The number of nitrogens with one attached hydrogen (secondary N) is 1. The van der Waals surface area contributed by atoms with Gasteiger partial charge in [0.05, 0.1) is 22.9 Å². The fraction of sp³-hybridized carbons (Fsp3) is 0.125. The van der Waals surface area contributed by atoms with Crippen molar-refractivity contribution in [2.24, 2.45) is 0 Å². The van der Waals surface area contributed by atoms with E-state index in [1.807, 2.05) is 43.3 Å². The van der Waals surface area contributed by atoms with Crippen LogP contribution in [-0.4, -0.2) is 17.6 Å². The fourth-order valence-corrected chi connectivity index (χ4v) is 3.48. The Bertz CT molecular complexity index is 1070. The monoisotopic (exact) mass is 416 g/mol. The molecule has 0 aliphatic carbocycles. The van der Waals surface area contributed by atoms with Gasteiger partial charge in [-0.1, -0.05) is 42.0 Å². The molecule has 30 heavy (non-hydrogen) atoms. The number of benzene rings is 3. The molecule has 0 heterocycles. The highest BCUT2D eigenvalue weighted by atomic mass is 32.2. The number of nitrogens with zero attached hydrogens (tertiary/aromatic N) is 1. The maximum Gasteiger partial charge on any atom is 0.339 e. The van der Waals surface area contributed by atoms with Crippen LogP contribution in [0.1, 0.15) is 27.0 Å². The van der Waals surface area contributed by atoms with Gasteiger partial charge in [0.1, 0.15) is 6.61 Å². The average molecular weight is 417 g/mol. The number of carbonyl (C=O) groups is 2. The lowest BCUT2D eigenvalue weighted by Crippen LogP contribution is -2.14. The lowest BCUT2D eigenvalue weighted by atomic mass is 10.1. The van der Waals surface area contributed by atoms with Crippen LogP contribution in [0.25, 0.3) is 0 Å². The molecule has 0 saturated heterocycles. The third-order valence-corrected chi connectivity index (χ3v) is 5.33. The number of hydrogen-bond donors (Lipinski definition) is 1. The van der Waals surface area contributed by atoms with Gasteiger partial charge in [-0.3, -0.25) is 4.79 Å². The lowest BCUT2D eigenvalue weighted by Gasteiger charge is -2.10. The van der Waals surface area contributed by atoms with Gasteiger partial charge in [0.2, 0.25) is 5.91 Å². The summed E-state index contributed by atoms with van der Waals surface area (Å²) in [6.45, 7) is 2.09. The zero-order valence-electron chi connectivity index (χ0n) is 16.4. The van der Waals surface area contributed by atoms with E-state index in [1.165, 1.54) is 11.8 Å². The van der Waals surface area contributed by atoms with E-state index in [1.54, 1.807) is 42.5 Å². The molecule has 0 aromatic heterocycles. The van der Waals surface area contributed by atoms with E-state index in [4.69, 9.17) is 10.00 Å². The van der Waals surface area contributed by atoms with Crippen LogP contribution in [0, 0.1) is 18.3 Å². The van der Waals surface area contributed by atoms with Gasteiger partial charge < -0.3 is 10.1 Å². The summed E-state index contributed by atoms with van der Waals surface area (Å²) in [5.41, 5.74) is 3.62. The molecular weight excluding hydrogens is 396 g/mol. The predicted octanol–water partition coefficient (Wildman–Crippen LogP) is 4.95. The third-order valence-electron chi connectivity index (χ3n) is 4.25. The van der Waals surface area contributed by atoms with E-state index in [-0.39, 0.29) is 18.3 Å². The SMILES string of the molecule is Cc1ccc(NC(=O)CSc2ccccc2C(=O)OCc2ccc(C#N)cc2)cc1. The standard InChI is InChI=1S/C24H20N2O3S/c1-17-6-12-20(13-7-17)26-23(27)16-30-22-5-3-2-4-21(22)24(28)29-15-19-10-8-18(14-25)9-11-19/h2-13H,15-16H2,1H3,(H,26,27). The Labute approximate surface area is 179 Å². The summed E-state index contributed by atoms with van der Waals surface area (Å²) in [5.74, 6) is -0.431. The minimum absolute atomic E-state index is 0.109. The van der Waals surface area contributed by atoms with Crippen LogP contribution in [0.2, 0.25) is 0 Å². The topological polar surface area (TPSA) is 79.2 Å². The molecule has 0 atom stereocenters. The van der Waals surface area contributed by atoms with Crippen LogP contribution < -0.4 is 5.32 Å². The van der Waals surface area contributed by atoms with Gasteiger partial charge in [0, 0.05) is 10.6 Å². The van der Waals surface area contributed by atoms with Crippen molar-refractivity contribution in [3.05, 3.63) is 95.1 Å². The Morgan fingerprint density at radius 3 is 2.40 bits per heavy atom. The first-order valence-electron chi connectivity index (χ1n) is 9.29. The molecule has 0 fully saturated rings. The molecule has 0 spiro atoms. The average Bonchev–Trinajstić information content (AvgIpc) is 2.78. The Morgan fingerprint density at radius 2 is 1.70 bits per heavy atom. The Hall–Kier alpha value is -3.56. The zero-order valence-corrected chi connectivity index (χ0v) is 17.2. The number of esters is 1. The molecule has 3 aromatic rings. The molecule has 0 saturated carbocycles. The van der Waals surface area contributed by atoms with Gasteiger partial charge in [-0.05, 0) is 48.9 Å². The zero-order chi connectivity index (χ0) is 21.3. The van der Waals surface area contributed by atoms with Crippen molar-refractivity contribution >= 4 is 29.3 Å². The van der Waals surface area contributed by atoms with E-state index < -0.39 is 5.97 Å². The Kier molecular flexibility index (Phi) is 7.25. The number of rotatable bonds is 7. The van der Waals surface area contributed by atoms with E-state index in [0.29, 0.717) is 16.0 Å². The first-order valence-corrected chi connectivity index (χ1v) is 10.3. The maximum atomic E-state index is 12.5. The maximum absolute atomic E-state index is 12.5. The quantitative estimate of drug-likeness (QED) is 0.435. The number of hydrogen-bond acceptors (Lipinski definition) is 5. The minimum atomic E-state index is -0.457. The molecule has 0 bridgehead atoms. The second-order valence-corrected chi connectivity index (χ2v) is 7.60. The van der Waals surface area contributed by atoms with Gasteiger partial charge in [0.15, 0.2) is 0 Å². The number of nitriles is 1. The molecule has 0 aliphatic heterocycles. The summed E-state index contributed by atoms with van der Waals surface area (Å²) in [5, 5.41) is 11.7. The largest absolute Gasteiger partial charge is 0.457 e. The highest BCUT2D eigenvalue weighted by Crippen LogP contribution is 2.24. The second kappa shape index (κ2) is 10.3. The minimum Gasteiger partial charge on any atom is -0.457 e. The molecule has 1 N–H and O–H groups in total. The molecule has 1 amide bonds. The number of anilines is 1. The van der Waals surface area contributed by atoms with Crippen molar-refractivity contribution in [2.45, 2.75) is 18.4 Å². The van der Waals surface area contributed by atoms with Crippen molar-refractivity contribution in [1.29, 1.82) is 5.26 Å². The Balaban J connectivity index is 1.57. The van der Waals surface area contributed by atoms with Crippen molar-refractivity contribution in [2.75, 3.05) is 11.1 Å². The molecule has 3 aromatic carbocycles. The number of ether oxygens (including phenoxy) is 1. The van der Waals surface area contributed by atoms with Crippen LogP contribution in [0.15, 0.2) is 77.7 Å². The predicted molar refractivity (Wildman–Crippen MR) is 117 cm³/mol. The first-order chi connectivity index (χ1) is 14.5. The van der Waals surface area contributed by atoms with Gasteiger partial charge in [-0.2, -0.15) is 5.26 Å². The van der Waals surface area contributed by atoms with E-state index in [2.05, 4.69) is 5.32 Å². The van der Waals surface area contributed by atoms with Crippen LogP contribution in [0.4, 0.5) is 5.69 Å². The fourth-order valence-electron chi connectivity index (χ4n) is 2.64. The smallest absolute Gasteiger partial charge is 0.339 e. The van der Waals surface area contributed by atoms with E-state index >= 15 is 0 Å². The van der Waals surface area contributed by atoms with Gasteiger partial charge in [-0.25, -0.2) is 4.79 Å². The van der Waals surface area contributed by atoms with Crippen LogP contribution >= 0.6 is 11.8 Å². The molecule has 0 radical (unpaired) electrons. The summed E-state index contributed by atoms with van der Waals surface area (Å²) in [7, 11) is 0. The molecule has 0 unspecified atom stereocenters. The lowest BCUT2D eigenvalue weighted by molar-refractivity contribution is -0.113. The van der Waals surface area contributed by atoms with Gasteiger partial charge in [-0.15, -0.1) is 11.8 Å². The van der Waals surface area contributed by atoms with Crippen molar-refractivity contribution in [3.63, 3.8) is 0 Å². The summed E-state index contributed by atoms with van der Waals surface area (Å²) >= 11 is 1.28. The number of thioether (sulfide) groups is 1. The third kappa shape index (κ3) is 5.97. The van der Waals surface area contributed by atoms with E-state index in [0.717, 1.165) is 16.8 Å². The van der Waals surface area contributed by atoms with Crippen molar-refractivity contribution < 1.29 is 14.3 Å².